The molecule has 0 fully saturated rings. The first-order chi connectivity index (χ1) is 5.84. The molecule has 0 unspecified atom stereocenters. The van der Waals surface area contributed by atoms with Crippen LogP contribution in [0.5, 0.6) is 0 Å². The Kier molecular flexibility index (Phi) is 4.58. The molecule has 76 valence electrons. The third kappa shape index (κ3) is 7.43. The van der Waals surface area contributed by atoms with E-state index in [1.165, 1.54) is 11.3 Å². The second kappa shape index (κ2) is 4.94. The van der Waals surface area contributed by atoms with Crippen LogP contribution in [-0.4, -0.2) is 12.2 Å². The minimum Gasteiger partial charge on any atom is -0.418 e. The van der Waals surface area contributed by atoms with Crippen molar-refractivity contribution in [1.29, 1.82) is 0 Å². The molecule has 1 nitrogen and oxygen atoms in total. The van der Waals surface area contributed by atoms with Gasteiger partial charge in [0.1, 0.15) is 0 Å². The third-order valence-corrected chi connectivity index (χ3v) is 1.45. The van der Waals surface area contributed by atoms with Gasteiger partial charge in [0, 0.05) is 11.9 Å². The largest absolute Gasteiger partial charge is 0.673 e. The normalized spacial score (nSPS) is 10.6. The lowest BCUT2D eigenvalue weighted by Crippen LogP contribution is -2.02. The van der Waals surface area contributed by atoms with E-state index >= 15 is 0 Å². The van der Waals surface area contributed by atoms with Gasteiger partial charge in [-0.1, -0.05) is 6.92 Å². The summed E-state index contributed by atoms with van der Waals surface area (Å²) in [6, 6.07) is 2.12. The third-order valence-electron chi connectivity index (χ3n) is 1.45. The lowest BCUT2D eigenvalue weighted by Gasteiger charge is -1.94. The van der Waals surface area contributed by atoms with E-state index in [9.17, 15) is 17.3 Å². The fourth-order valence-electron chi connectivity index (χ4n) is 0.868. The number of nitrogens with one attached hydrogen (secondary N) is 1. The lowest BCUT2D eigenvalue weighted by molar-refractivity contribution is 0.368. The molecule has 13 heavy (non-hydrogen) atoms. The number of rotatable bonds is 1. The van der Waals surface area contributed by atoms with Crippen molar-refractivity contribution in [2.45, 2.75) is 20.3 Å². The molecule has 0 amide bonds. The maximum Gasteiger partial charge on any atom is 0.673 e. The lowest BCUT2D eigenvalue weighted by atomic mass is 10.2. The highest BCUT2D eigenvalue weighted by Gasteiger charge is 2.20. The van der Waals surface area contributed by atoms with Crippen LogP contribution < -0.4 is 0 Å². The summed E-state index contributed by atoms with van der Waals surface area (Å²) in [4.78, 5) is 3.12. The van der Waals surface area contributed by atoms with Crippen molar-refractivity contribution in [3.8, 4) is 0 Å². The number of hydrogen-bond donors (Lipinski definition) is 1. The second-order valence-electron chi connectivity index (χ2n) is 2.48. The molecule has 0 saturated heterocycles. The molecule has 1 rings (SSSR count). The van der Waals surface area contributed by atoms with Crippen LogP contribution in [0.4, 0.5) is 17.3 Å². The average molecular weight is 196 g/mol. The van der Waals surface area contributed by atoms with E-state index in [0.717, 1.165) is 6.42 Å². The molecule has 0 aliphatic rings. The highest BCUT2D eigenvalue weighted by Crippen LogP contribution is 2.06. The Labute approximate surface area is 74.3 Å². The number of H-pyrrole nitrogens is 1. The predicted molar refractivity (Wildman–Crippen MR) is 45.1 cm³/mol. The Balaban J connectivity index is 0.000000252. The molecule has 6 heteroatoms. The summed E-state index contributed by atoms with van der Waals surface area (Å²) in [6.45, 7) is 4.26. The van der Waals surface area contributed by atoms with Gasteiger partial charge in [-0.25, -0.2) is 0 Å². The van der Waals surface area contributed by atoms with E-state index < -0.39 is 7.25 Å². The fourth-order valence-corrected chi connectivity index (χ4v) is 0.868. The Hall–Kier alpha value is -0.935. The van der Waals surface area contributed by atoms with Gasteiger partial charge in [-0.15, -0.1) is 0 Å². The Morgan fingerprint density at radius 1 is 1.31 bits per heavy atom. The SMILES string of the molecule is CCc1cc[nH]c1C.F[B-](F)(F)F. The van der Waals surface area contributed by atoms with Crippen LogP contribution in [-0.2, 0) is 6.42 Å². The number of aromatic nitrogens is 1. The fraction of sp³-hybridized carbons (Fsp3) is 0.429. The van der Waals surface area contributed by atoms with Crippen LogP contribution >= 0.6 is 0 Å². The first kappa shape index (κ1) is 12.1. The maximum atomic E-state index is 9.75. The maximum absolute atomic E-state index is 9.75. The molecular formula is C7H11BF4N-. The van der Waals surface area contributed by atoms with E-state index in [0.29, 0.717) is 0 Å². The number of aryl methyl sites for hydroxylation is 2. The van der Waals surface area contributed by atoms with Crippen LogP contribution in [0.15, 0.2) is 12.3 Å². The zero-order valence-corrected chi connectivity index (χ0v) is 7.45. The minimum absolute atomic E-state index is 1.13. The van der Waals surface area contributed by atoms with Gasteiger partial charge in [0.05, 0.1) is 0 Å². The molecule has 0 aromatic carbocycles. The highest BCUT2D eigenvalue weighted by molar-refractivity contribution is 6.50. The molecule has 0 spiro atoms. The van der Waals surface area contributed by atoms with Crippen molar-refractivity contribution in [2.24, 2.45) is 0 Å². The Morgan fingerprint density at radius 2 is 1.77 bits per heavy atom. The molecule has 1 heterocycles. The molecule has 1 aromatic heterocycles. The zero-order chi connectivity index (χ0) is 10.5. The van der Waals surface area contributed by atoms with Gasteiger partial charge in [-0.3, -0.25) is 0 Å². The van der Waals surface area contributed by atoms with Crippen LogP contribution in [0.25, 0.3) is 0 Å². The predicted octanol–water partition coefficient (Wildman–Crippen LogP) is 3.19. The molecule has 0 bridgehead atoms. The molecule has 1 aromatic rings. The van der Waals surface area contributed by atoms with Crippen molar-refractivity contribution < 1.29 is 17.3 Å². The Morgan fingerprint density at radius 3 is 1.92 bits per heavy atom. The van der Waals surface area contributed by atoms with Gasteiger partial charge in [-0.05, 0) is 25.0 Å². The summed E-state index contributed by atoms with van der Waals surface area (Å²) in [5, 5.41) is 0. The first-order valence-corrected chi connectivity index (χ1v) is 3.84. The van der Waals surface area contributed by atoms with E-state index in [4.69, 9.17) is 0 Å². The summed E-state index contributed by atoms with van der Waals surface area (Å²) >= 11 is 0. The van der Waals surface area contributed by atoms with Gasteiger partial charge in [0.2, 0.25) is 0 Å². The Bertz CT molecular complexity index is 237. The molecule has 0 aliphatic carbocycles. The van der Waals surface area contributed by atoms with Crippen molar-refractivity contribution in [3.05, 3.63) is 23.5 Å². The van der Waals surface area contributed by atoms with Gasteiger partial charge < -0.3 is 22.2 Å². The first-order valence-electron chi connectivity index (χ1n) is 3.84. The van der Waals surface area contributed by atoms with Crippen molar-refractivity contribution in [1.82, 2.24) is 4.98 Å². The summed E-state index contributed by atoms with van der Waals surface area (Å²) in [5.74, 6) is 0. The smallest absolute Gasteiger partial charge is 0.418 e. The van der Waals surface area contributed by atoms with Gasteiger partial charge in [0.15, 0.2) is 0 Å². The molecular weight excluding hydrogens is 185 g/mol. The molecule has 0 aliphatic heterocycles. The molecule has 0 radical (unpaired) electrons. The van der Waals surface area contributed by atoms with Crippen molar-refractivity contribution >= 4 is 7.25 Å². The molecule has 0 saturated carbocycles. The van der Waals surface area contributed by atoms with E-state index in [1.54, 1.807) is 0 Å². The summed E-state index contributed by atoms with van der Waals surface area (Å²) in [5.41, 5.74) is 2.72. The summed E-state index contributed by atoms with van der Waals surface area (Å²) in [6.07, 6.45) is 3.11. The van der Waals surface area contributed by atoms with Crippen LogP contribution in [0.3, 0.4) is 0 Å². The number of halogens is 4. The zero-order valence-electron chi connectivity index (χ0n) is 7.45. The van der Waals surface area contributed by atoms with E-state index in [2.05, 4.69) is 24.9 Å². The van der Waals surface area contributed by atoms with Gasteiger partial charge in [-0.2, -0.15) is 0 Å². The summed E-state index contributed by atoms with van der Waals surface area (Å²) in [7, 11) is -6.00. The summed E-state index contributed by atoms with van der Waals surface area (Å²) < 4.78 is 39.0. The van der Waals surface area contributed by atoms with Crippen LogP contribution in [0.1, 0.15) is 18.2 Å². The topological polar surface area (TPSA) is 15.8 Å². The number of aromatic amines is 1. The van der Waals surface area contributed by atoms with E-state index in [-0.39, 0.29) is 0 Å². The highest BCUT2D eigenvalue weighted by atomic mass is 19.5. The van der Waals surface area contributed by atoms with Crippen LogP contribution in [0.2, 0.25) is 0 Å². The van der Waals surface area contributed by atoms with Crippen molar-refractivity contribution in [3.63, 3.8) is 0 Å². The average Bonchev–Trinajstić information content (AvgIpc) is 2.31. The van der Waals surface area contributed by atoms with Gasteiger partial charge in [0.25, 0.3) is 0 Å². The quantitative estimate of drug-likeness (QED) is 0.524. The van der Waals surface area contributed by atoms with E-state index in [1.807, 2.05) is 6.20 Å². The number of hydrogen-bond acceptors (Lipinski definition) is 0. The van der Waals surface area contributed by atoms with Crippen molar-refractivity contribution in [2.75, 3.05) is 0 Å². The minimum atomic E-state index is -6.00. The standard InChI is InChI=1S/C7H11N.BF4/c1-3-7-4-5-8-6(7)2;2-1(3,4)5/h4-5,8H,3H2,1-2H3;/q;-1. The monoisotopic (exact) mass is 196 g/mol. The molecule has 1 N–H and O–H groups in total. The van der Waals surface area contributed by atoms with Gasteiger partial charge >= 0.3 is 7.25 Å². The second-order valence-corrected chi connectivity index (χ2v) is 2.48. The van der Waals surface area contributed by atoms with Crippen LogP contribution in [0, 0.1) is 6.92 Å². The molecule has 0 atom stereocenters.